The summed E-state index contributed by atoms with van der Waals surface area (Å²) in [5, 5.41) is 0. The number of rotatable bonds is 5. The van der Waals surface area contributed by atoms with Crippen molar-refractivity contribution in [3.63, 3.8) is 0 Å². The van der Waals surface area contributed by atoms with E-state index in [0.29, 0.717) is 12.5 Å². The Morgan fingerprint density at radius 1 is 0.967 bits per heavy atom. The van der Waals surface area contributed by atoms with Crippen LogP contribution in [0.1, 0.15) is 53.3 Å². The highest BCUT2D eigenvalue weighted by atomic mass is 16.2. The van der Waals surface area contributed by atoms with Gasteiger partial charge in [-0.25, -0.2) is 0 Å². The maximum absolute atomic E-state index is 13.6. The average molecular weight is 397 g/mol. The molecule has 0 radical (unpaired) electrons. The molecule has 1 amide bonds. The van der Waals surface area contributed by atoms with E-state index < -0.39 is 0 Å². The molecule has 0 aliphatic heterocycles. The molecule has 0 N–H and O–H groups in total. The number of fused-ring (bicyclic) bond motifs is 1. The van der Waals surface area contributed by atoms with Crippen LogP contribution < -0.4 is 4.90 Å². The summed E-state index contributed by atoms with van der Waals surface area (Å²) in [4.78, 5) is 20.3. The van der Waals surface area contributed by atoms with Gasteiger partial charge in [-0.15, -0.1) is 0 Å². The van der Waals surface area contributed by atoms with Crippen LogP contribution in [0.15, 0.2) is 66.7 Å². The summed E-state index contributed by atoms with van der Waals surface area (Å²) in [7, 11) is 0. The summed E-state index contributed by atoms with van der Waals surface area (Å²) >= 11 is 0. The van der Waals surface area contributed by atoms with Crippen molar-refractivity contribution < 1.29 is 4.79 Å². The lowest BCUT2D eigenvalue weighted by atomic mass is 9.91. The lowest BCUT2D eigenvalue weighted by Crippen LogP contribution is -2.32. The van der Waals surface area contributed by atoms with Crippen LogP contribution in [0.4, 0.5) is 5.69 Å². The summed E-state index contributed by atoms with van der Waals surface area (Å²) in [6.07, 6.45) is 5.71. The molecular formula is C27H28N2O. The second-order valence-electron chi connectivity index (χ2n) is 8.71. The predicted octanol–water partition coefficient (Wildman–Crippen LogP) is 5.61. The smallest absolute Gasteiger partial charge is 0.231 e. The first-order chi connectivity index (χ1) is 14.7. The van der Waals surface area contributed by atoms with Crippen LogP contribution in [0.3, 0.4) is 0 Å². The summed E-state index contributed by atoms with van der Waals surface area (Å²) < 4.78 is 0. The zero-order valence-electron chi connectivity index (χ0n) is 17.6. The van der Waals surface area contributed by atoms with Crippen LogP contribution in [0.25, 0.3) is 0 Å². The first kappa shape index (κ1) is 19.0. The first-order valence-electron chi connectivity index (χ1n) is 11.1. The lowest BCUT2D eigenvalue weighted by molar-refractivity contribution is -0.120. The topological polar surface area (TPSA) is 33.2 Å². The number of nitrogens with zero attached hydrogens (tertiary/aromatic N) is 2. The fourth-order valence-electron chi connectivity index (χ4n) is 4.77. The molecule has 1 fully saturated rings. The molecule has 152 valence electrons. The molecule has 2 aliphatic carbocycles. The zero-order valence-corrected chi connectivity index (χ0v) is 17.6. The SMILES string of the molecule is Cc1cccc(CN(C(=O)C2CC2c2ccccc2)c2ccc3c(c2)CCCC3)n1. The van der Waals surface area contributed by atoms with Gasteiger partial charge in [-0.05, 0) is 85.9 Å². The molecule has 2 atom stereocenters. The maximum atomic E-state index is 13.6. The second kappa shape index (κ2) is 8.06. The molecule has 0 saturated heterocycles. The van der Waals surface area contributed by atoms with Gasteiger partial charge in [-0.1, -0.05) is 42.5 Å². The van der Waals surface area contributed by atoms with Gasteiger partial charge < -0.3 is 4.90 Å². The number of anilines is 1. The van der Waals surface area contributed by atoms with Crippen molar-refractivity contribution in [2.75, 3.05) is 4.90 Å². The van der Waals surface area contributed by atoms with Gasteiger partial charge >= 0.3 is 0 Å². The molecule has 1 aromatic heterocycles. The van der Waals surface area contributed by atoms with E-state index >= 15 is 0 Å². The standard InChI is InChI=1S/C27H28N2O/c1-19-8-7-13-23(28-19)18-29(24-15-14-20-9-5-6-12-22(20)16-24)27(30)26-17-25(26)21-10-3-2-4-11-21/h2-4,7-8,10-11,13-16,25-26H,5-6,9,12,17-18H2,1H3. The summed E-state index contributed by atoms with van der Waals surface area (Å²) in [5.41, 5.74) is 7.07. The van der Waals surface area contributed by atoms with E-state index in [0.717, 1.165) is 36.3 Å². The molecule has 30 heavy (non-hydrogen) atoms. The van der Waals surface area contributed by atoms with Gasteiger partial charge in [-0.2, -0.15) is 0 Å². The number of hydrogen-bond acceptors (Lipinski definition) is 2. The monoisotopic (exact) mass is 396 g/mol. The van der Waals surface area contributed by atoms with E-state index in [9.17, 15) is 4.79 Å². The van der Waals surface area contributed by atoms with Crippen molar-refractivity contribution in [3.05, 3.63) is 94.8 Å². The molecule has 2 unspecified atom stereocenters. The number of carbonyl (C=O) groups excluding carboxylic acids is 1. The van der Waals surface area contributed by atoms with Crippen LogP contribution in [0, 0.1) is 12.8 Å². The van der Waals surface area contributed by atoms with E-state index in [1.807, 2.05) is 36.1 Å². The Kier molecular flexibility index (Phi) is 5.12. The molecule has 2 aliphatic rings. The van der Waals surface area contributed by atoms with Gasteiger partial charge in [0.1, 0.15) is 0 Å². The Bertz CT molecular complexity index is 1060. The van der Waals surface area contributed by atoms with Crippen LogP contribution >= 0.6 is 0 Å². The highest BCUT2D eigenvalue weighted by Crippen LogP contribution is 2.49. The Morgan fingerprint density at radius 3 is 2.57 bits per heavy atom. The van der Waals surface area contributed by atoms with Crippen molar-refractivity contribution >= 4 is 11.6 Å². The molecular weight excluding hydrogens is 368 g/mol. The number of pyridine rings is 1. The summed E-state index contributed by atoms with van der Waals surface area (Å²) in [6, 6.07) is 23.1. The fraction of sp³-hybridized carbons (Fsp3) is 0.333. The van der Waals surface area contributed by atoms with Crippen molar-refractivity contribution in [3.8, 4) is 0 Å². The summed E-state index contributed by atoms with van der Waals surface area (Å²) in [6.45, 7) is 2.53. The Hall–Kier alpha value is -2.94. The quantitative estimate of drug-likeness (QED) is 0.562. The van der Waals surface area contributed by atoms with Crippen molar-refractivity contribution in [2.24, 2.45) is 5.92 Å². The van der Waals surface area contributed by atoms with Crippen LogP contribution in [0.5, 0.6) is 0 Å². The van der Waals surface area contributed by atoms with Gasteiger partial charge in [-0.3, -0.25) is 9.78 Å². The number of carbonyl (C=O) groups is 1. The fourth-order valence-corrected chi connectivity index (χ4v) is 4.77. The molecule has 5 rings (SSSR count). The van der Waals surface area contributed by atoms with Gasteiger partial charge in [0.15, 0.2) is 0 Å². The van der Waals surface area contributed by atoms with Gasteiger partial charge in [0, 0.05) is 17.3 Å². The maximum Gasteiger partial charge on any atom is 0.231 e. The molecule has 0 spiro atoms. The molecule has 3 heteroatoms. The largest absolute Gasteiger partial charge is 0.306 e. The van der Waals surface area contributed by atoms with E-state index in [2.05, 4.69) is 47.4 Å². The van der Waals surface area contributed by atoms with Crippen molar-refractivity contribution in [1.82, 2.24) is 4.98 Å². The molecule has 1 heterocycles. The minimum atomic E-state index is 0.0632. The normalized spacial score (nSPS) is 19.8. The minimum Gasteiger partial charge on any atom is -0.306 e. The van der Waals surface area contributed by atoms with Crippen molar-refractivity contribution in [2.45, 2.75) is 51.5 Å². The number of benzene rings is 2. The van der Waals surface area contributed by atoms with Gasteiger partial charge in [0.25, 0.3) is 0 Å². The first-order valence-corrected chi connectivity index (χ1v) is 11.1. The predicted molar refractivity (Wildman–Crippen MR) is 121 cm³/mol. The molecule has 2 aromatic carbocycles. The lowest BCUT2D eigenvalue weighted by Gasteiger charge is -2.25. The van der Waals surface area contributed by atoms with Gasteiger partial charge in [0.2, 0.25) is 5.91 Å². The minimum absolute atomic E-state index is 0.0632. The second-order valence-corrected chi connectivity index (χ2v) is 8.71. The Morgan fingerprint density at radius 2 is 1.77 bits per heavy atom. The number of aromatic nitrogens is 1. The third kappa shape index (κ3) is 3.89. The van der Waals surface area contributed by atoms with E-state index in [-0.39, 0.29) is 11.8 Å². The average Bonchev–Trinajstić information content (AvgIpc) is 3.58. The molecule has 1 saturated carbocycles. The molecule has 3 nitrogen and oxygen atoms in total. The third-order valence-corrected chi connectivity index (χ3v) is 6.51. The van der Waals surface area contributed by atoms with E-state index in [1.165, 1.54) is 29.5 Å². The molecule has 3 aromatic rings. The number of amides is 1. The van der Waals surface area contributed by atoms with Crippen LogP contribution in [-0.2, 0) is 24.2 Å². The van der Waals surface area contributed by atoms with Crippen LogP contribution in [-0.4, -0.2) is 10.9 Å². The van der Waals surface area contributed by atoms with Crippen LogP contribution in [0.2, 0.25) is 0 Å². The zero-order chi connectivity index (χ0) is 20.5. The van der Waals surface area contributed by atoms with Crippen molar-refractivity contribution in [1.29, 1.82) is 0 Å². The molecule has 0 bridgehead atoms. The van der Waals surface area contributed by atoms with E-state index in [4.69, 9.17) is 0 Å². The Labute approximate surface area is 178 Å². The highest BCUT2D eigenvalue weighted by molar-refractivity contribution is 5.97. The van der Waals surface area contributed by atoms with E-state index in [1.54, 1.807) is 0 Å². The number of hydrogen-bond donors (Lipinski definition) is 0. The summed E-state index contributed by atoms with van der Waals surface area (Å²) in [5.74, 6) is 0.625. The third-order valence-electron chi connectivity index (χ3n) is 6.51. The van der Waals surface area contributed by atoms with Gasteiger partial charge in [0.05, 0.1) is 12.2 Å². The Balaban J connectivity index is 1.45. The highest BCUT2D eigenvalue weighted by Gasteiger charge is 2.46. The number of aryl methyl sites for hydroxylation is 3.